The molecule has 2 heterocycles. The average Bonchev–Trinajstić information content (AvgIpc) is 3.84. The van der Waals surface area contributed by atoms with Gasteiger partial charge in [-0.3, -0.25) is 0 Å². The van der Waals surface area contributed by atoms with Crippen molar-refractivity contribution in [3.8, 4) is 33.4 Å². The maximum Gasteiger partial charge on any atom is 0.143 e. The molecular weight excluding hydrogens is 705 g/mol. The lowest BCUT2D eigenvalue weighted by atomic mass is 9.83. The summed E-state index contributed by atoms with van der Waals surface area (Å²) in [6.07, 6.45) is 0. The SMILES string of the molecule is c1ccc2c(-c3c4ccccc4c(-c4ccc(-c5ccc6oc7cc8oc9c%10ccccc%10ccc9c8cc7c6c5)c5ccccc45)c4ccccc34)cccc2c1. The zero-order valence-electron chi connectivity index (χ0n) is 31.3. The van der Waals surface area contributed by atoms with E-state index in [0.717, 1.165) is 54.8 Å². The minimum atomic E-state index is 0.828. The van der Waals surface area contributed by atoms with Gasteiger partial charge in [-0.2, -0.15) is 0 Å². The van der Waals surface area contributed by atoms with Gasteiger partial charge in [-0.15, -0.1) is 0 Å². The van der Waals surface area contributed by atoms with Crippen LogP contribution >= 0.6 is 0 Å². The zero-order valence-corrected chi connectivity index (χ0v) is 31.3. The largest absolute Gasteiger partial charge is 0.456 e. The standard InChI is InChI=1S/C56H32O2/c1-3-15-36-33(12-1)14-11-23-41(36)54-42-19-7-9-21-44(42)55(45-22-10-8-20-43(45)54)46-28-27-37(39-17-5-6-18-40(39)46)35-25-29-51-48(30-35)50-31-49-47-26-24-34-13-2-4-16-38(34)56(47)58-53(49)32-52(50)57-51/h1-32H. The summed E-state index contributed by atoms with van der Waals surface area (Å²) in [4.78, 5) is 0. The summed E-state index contributed by atoms with van der Waals surface area (Å²) in [6.45, 7) is 0. The first-order valence-electron chi connectivity index (χ1n) is 19.9. The summed E-state index contributed by atoms with van der Waals surface area (Å²) in [5, 5.41) is 16.7. The second kappa shape index (κ2) is 11.9. The van der Waals surface area contributed by atoms with Gasteiger partial charge in [-0.1, -0.05) is 164 Å². The molecular formula is C56H32O2. The summed E-state index contributed by atoms with van der Waals surface area (Å²) in [5.41, 5.74) is 10.8. The average molecular weight is 737 g/mol. The Morgan fingerprint density at radius 1 is 0.241 bits per heavy atom. The van der Waals surface area contributed by atoms with Gasteiger partial charge in [0.1, 0.15) is 22.3 Å². The van der Waals surface area contributed by atoms with Crippen LogP contribution in [0.15, 0.2) is 203 Å². The molecule has 0 radical (unpaired) electrons. The van der Waals surface area contributed by atoms with E-state index in [1.807, 2.05) is 0 Å². The third-order valence-electron chi connectivity index (χ3n) is 12.4. The lowest BCUT2D eigenvalue weighted by molar-refractivity contribution is 0.658. The highest BCUT2D eigenvalue weighted by Gasteiger charge is 2.21. The normalized spacial score (nSPS) is 12.1. The molecule has 0 atom stereocenters. The molecule has 2 nitrogen and oxygen atoms in total. The van der Waals surface area contributed by atoms with Crippen LogP contribution in [0.3, 0.4) is 0 Å². The second-order valence-corrected chi connectivity index (χ2v) is 15.5. The molecule has 2 heteroatoms. The van der Waals surface area contributed by atoms with Gasteiger partial charge in [-0.25, -0.2) is 0 Å². The Morgan fingerprint density at radius 3 is 1.45 bits per heavy atom. The molecule has 268 valence electrons. The molecule has 0 spiro atoms. The van der Waals surface area contributed by atoms with E-state index >= 15 is 0 Å². The second-order valence-electron chi connectivity index (χ2n) is 15.5. The van der Waals surface area contributed by atoms with Crippen LogP contribution in [0.5, 0.6) is 0 Å². The van der Waals surface area contributed by atoms with E-state index in [1.54, 1.807) is 0 Å². The van der Waals surface area contributed by atoms with Crippen molar-refractivity contribution in [1.29, 1.82) is 0 Å². The molecule has 58 heavy (non-hydrogen) atoms. The van der Waals surface area contributed by atoms with Crippen molar-refractivity contribution < 1.29 is 8.83 Å². The smallest absolute Gasteiger partial charge is 0.143 e. The van der Waals surface area contributed by atoms with Crippen LogP contribution in [-0.2, 0) is 0 Å². The lowest BCUT2D eigenvalue weighted by Crippen LogP contribution is -1.93. The molecule has 0 aliphatic carbocycles. The molecule has 13 aromatic rings. The number of benzene rings is 11. The fourth-order valence-electron chi connectivity index (χ4n) is 9.86. The summed E-state index contributed by atoms with van der Waals surface area (Å²) < 4.78 is 13.0. The highest BCUT2D eigenvalue weighted by atomic mass is 16.3. The van der Waals surface area contributed by atoms with Crippen LogP contribution in [0.4, 0.5) is 0 Å². The minimum Gasteiger partial charge on any atom is -0.456 e. The molecule has 0 aliphatic heterocycles. The van der Waals surface area contributed by atoms with E-state index in [9.17, 15) is 0 Å². The third kappa shape index (κ3) is 4.43. The van der Waals surface area contributed by atoms with Crippen LogP contribution in [0.1, 0.15) is 0 Å². The van der Waals surface area contributed by atoms with Crippen LogP contribution < -0.4 is 0 Å². The molecule has 0 N–H and O–H groups in total. The van der Waals surface area contributed by atoms with Gasteiger partial charge in [-0.05, 0) is 106 Å². The topological polar surface area (TPSA) is 26.3 Å². The van der Waals surface area contributed by atoms with E-state index < -0.39 is 0 Å². The van der Waals surface area contributed by atoms with Crippen LogP contribution in [-0.4, -0.2) is 0 Å². The van der Waals surface area contributed by atoms with Gasteiger partial charge in [0.25, 0.3) is 0 Å². The molecule has 2 aromatic heterocycles. The van der Waals surface area contributed by atoms with Crippen molar-refractivity contribution in [2.75, 3.05) is 0 Å². The predicted octanol–water partition coefficient (Wildman–Crippen LogP) is 16.3. The van der Waals surface area contributed by atoms with Gasteiger partial charge in [0.05, 0.1) is 0 Å². The molecule has 0 unspecified atom stereocenters. The van der Waals surface area contributed by atoms with Crippen LogP contribution in [0.25, 0.3) is 131 Å². The third-order valence-corrected chi connectivity index (χ3v) is 12.4. The van der Waals surface area contributed by atoms with Crippen molar-refractivity contribution in [3.63, 3.8) is 0 Å². The Hall–Kier alpha value is -7.68. The molecule has 0 saturated carbocycles. The van der Waals surface area contributed by atoms with Crippen LogP contribution in [0, 0.1) is 0 Å². The molecule has 0 fully saturated rings. The molecule has 11 aromatic carbocycles. The summed E-state index contributed by atoms with van der Waals surface area (Å²) in [5.74, 6) is 0. The lowest BCUT2D eigenvalue weighted by Gasteiger charge is -2.20. The van der Waals surface area contributed by atoms with Crippen molar-refractivity contribution in [2.24, 2.45) is 0 Å². The van der Waals surface area contributed by atoms with E-state index in [2.05, 4.69) is 194 Å². The summed E-state index contributed by atoms with van der Waals surface area (Å²) in [7, 11) is 0. The van der Waals surface area contributed by atoms with Crippen molar-refractivity contribution >= 4 is 97.7 Å². The first kappa shape index (κ1) is 31.5. The summed E-state index contributed by atoms with van der Waals surface area (Å²) in [6, 6.07) is 70.5. The van der Waals surface area contributed by atoms with Gasteiger partial charge in [0.2, 0.25) is 0 Å². The fraction of sp³-hybridized carbons (Fsp3) is 0. The van der Waals surface area contributed by atoms with E-state index in [-0.39, 0.29) is 0 Å². The number of fused-ring (bicyclic) bond motifs is 12. The quantitative estimate of drug-likeness (QED) is 0.169. The number of hydrogen-bond acceptors (Lipinski definition) is 2. The van der Waals surface area contributed by atoms with Gasteiger partial charge in [0, 0.05) is 33.0 Å². The Labute approximate surface area is 332 Å². The fourth-order valence-corrected chi connectivity index (χ4v) is 9.86. The monoisotopic (exact) mass is 736 g/mol. The first-order chi connectivity index (χ1) is 28.8. The Morgan fingerprint density at radius 2 is 0.741 bits per heavy atom. The van der Waals surface area contributed by atoms with Gasteiger partial charge in [0.15, 0.2) is 0 Å². The number of rotatable bonds is 3. The van der Waals surface area contributed by atoms with Crippen LogP contribution in [0.2, 0.25) is 0 Å². The first-order valence-corrected chi connectivity index (χ1v) is 19.9. The minimum absolute atomic E-state index is 0.828. The predicted molar refractivity (Wildman–Crippen MR) is 245 cm³/mol. The van der Waals surface area contributed by atoms with Gasteiger partial charge >= 0.3 is 0 Å². The molecule has 0 amide bonds. The molecule has 0 bridgehead atoms. The number of furan rings is 2. The maximum absolute atomic E-state index is 6.50. The maximum atomic E-state index is 6.50. The summed E-state index contributed by atoms with van der Waals surface area (Å²) >= 11 is 0. The molecule has 0 saturated heterocycles. The zero-order chi connectivity index (χ0) is 37.9. The van der Waals surface area contributed by atoms with Crippen molar-refractivity contribution in [1.82, 2.24) is 0 Å². The Bertz CT molecular complexity index is 3800. The van der Waals surface area contributed by atoms with E-state index in [0.29, 0.717) is 0 Å². The number of hydrogen-bond donors (Lipinski definition) is 0. The highest BCUT2D eigenvalue weighted by Crippen LogP contribution is 2.48. The molecule has 0 aliphatic rings. The van der Waals surface area contributed by atoms with Crippen molar-refractivity contribution in [3.05, 3.63) is 194 Å². The van der Waals surface area contributed by atoms with E-state index in [4.69, 9.17) is 8.83 Å². The Balaban J connectivity index is 1.02. The van der Waals surface area contributed by atoms with Gasteiger partial charge < -0.3 is 8.83 Å². The molecule has 13 rings (SSSR count). The highest BCUT2D eigenvalue weighted by molar-refractivity contribution is 6.26. The van der Waals surface area contributed by atoms with Crippen molar-refractivity contribution in [2.45, 2.75) is 0 Å². The Kier molecular flexibility index (Phi) is 6.47. The van der Waals surface area contributed by atoms with E-state index in [1.165, 1.54) is 76.3 Å².